The zero-order valence-corrected chi connectivity index (χ0v) is 25.8. The van der Waals surface area contributed by atoms with Gasteiger partial charge in [0, 0.05) is 29.3 Å². The molecule has 3 heterocycles. The van der Waals surface area contributed by atoms with Gasteiger partial charge in [-0.1, -0.05) is 12.1 Å². The fourth-order valence-corrected chi connectivity index (χ4v) is 6.92. The second kappa shape index (κ2) is 13.1. The number of nitrogens with two attached hydrogens (primary N) is 1. The minimum Gasteiger partial charge on any atom is -0.488 e. The van der Waals surface area contributed by atoms with E-state index in [0.717, 1.165) is 25.7 Å². The van der Waals surface area contributed by atoms with Gasteiger partial charge in [0.05, 0.1) is 43.5 Å². The van der Waals surface area contributed by atoms with Gasteiger partial charge >= 0.3 is 0 Å². The van der Waals surface area contributed by atoms with Gasteiger partial charge in [-0.05, 0) is 74.9 Å². The minimum atomic E-state index is -3.94. The number of anilines is 3. The number of hydrogen-bond acceptors (Lipinski definition) is 9. The molecule has 45 heavy (non-hydrogen) atoms. The summed E-state index contributed by atoms with van der Waals surface area (Å²) in [6, 6.07) is 11.6. The number of morpholine rings is 1. The van der Waals surface area contributed by atoms with Crippen molar-refractivity contribution in [2.24, 2.45) is 0 Å². The van der Waals surface area contributed by atoms with E-state index in [0.29, 0.717) is 65.0 Å². The molecular formula is C32H36F2N6O4S. The van der Waals surface area contributed by atoms with E-state index in [-0.39, 0.29) is 29.8 Å². The van der Waals surface area contributed by atoms with Gasteiger partial charge < -0.3 is 20.1 Å². The molecule has 2 aromatic heterocycles. The summed E-state index contributed by atoms with van der Waals surface area (Å²) in [7, 11) is -3.94. The molecule has 6 rings (SSSR count). The molecule has 4 aromatic rings. The van der Waals surface area contributed by atoms with Gasteiger partial charge in [0.25, 0.3) is 0 Å². The van der Waals surface area contributed by atoms with Crippen LogP contribution in [0.25, 0.3) is 33.4 Å². The van der Waals surface area contributed by atoms with Crippen LogP contribution in [0.1, 0.15) is 39.0 Å². The average molecular weight is 639 g/mol. The first-order valence-electron chi connectivity index (χ1n) is 15.2. The Hall–Kier alpha value is -4.10. The molecule has 1 aliphatic carbocycles. The Morgan fingerprint density at radius 1 is 1.13 bits per heavy atom. The molecule has 2 aliphatic rings. The maximum Gasteiger partial charge on any atom is 0.232 e. The van der Waals surface area contributed by atoms with Crippen LogP contribution in [0, 0.1) is 5.82 Å². The molecule has 0 unspecified atom stereocenters. The van der Waals surface area contributed by atoms with E-state index >= 15 is 4.39 Å². The maximum absolute atomic E-state index is 16.1. The number of halogens is 2. The molecule has 3 N–H and O–H groups in total. The van der Waals surface area contributed by atoms with E-state index in [9.17, 15) is 12.8 Å². The summed E-state index contributed by atoms with van der Waals surface area (Å²) in [6.45, 7) is 2.87. The first-order chi connectivity index (χ1) is 21.7. The summed E-state index contributed by atoms with van der Waals surface area (Å²) in [5.41, 5.74) is 7.54. The fraction of sp³-hybridized carbons (Fsp3) is 0.406. The van der Waals surface area contributed by atoms with Crippen molar-refractivity contribution < 1.29 is 26.7 Å². The Labute approximate surface area is 261 Å². The van der Waals surface area contributed by atoms with E-state index in [1.54, 1.807) is 30.5 Å². The summed E-state index contributed by atoms with van der Waals surface area (Å²) in [4.78, 5) is 16.4. The normalized spacial score (nSPS) is 17.6. The average Bonchev–Trinajstić information content (AvgIpc) is 3.54. The molecule has 0 radical (unpaired) electrons. The number of nitrogens with one attached hydrogen (secondary N) is 1. The molecule has 10 nitrogen and oxygen atoms in total. The Balaban J connectivity index is 1.55. The van der Waals surface area contributed by atoms with Crippen LogP contribution in [0.2, 0.25) is 0 Å². The number of nitrogens with zero attached hydrogens (tertiary/aromatic N) is 4. The molecule has 2 fully saturated rings. The van der Waals surface area contributed by atoms with Crippen LogP contribution in [0.4, 0.5) is 26.1 Å². The number of sulfonamides is 1. The third-order valence-electron chi connectivity index (χ3n) is 8.15. The number of alkyl halides is 1. The fourth-order valence-electron chi connectivity index (χ4n) is 5.84. The van der Waals surface area contributed by atoms with Crippen molar-refractivity contribution >= 4 is 38.2 Å². The quantitative estimate of drug-likeness (QED) is 0.224. The van der Waals surface area contributed by atoms with Gasteiger partial charge in [0.2, 0.25) is 10.0 Å². The van der Waals surface area contributed by atoms with Crippen LogP contribution < -0.4 is 20.1 Å². The zero-order chi connectivity index (χ0) is 31.6. The lowest BCUT2D eigenvalue weighted by atomic mass is 10.0. The lowest BCUT2D eigenvalue weighted by molar-refractivity contribution is 0.0987. The molecule has 0 spiro atoms. The largest absolute Gasteiger partial charge is 0.488 e. The second-order valence-electron chi connectivity index (χ2n) is 11.5. The smallest absolute Gasteiger partial charge is 0.232 e. The minimum absolute atomic E-state index is 0.00380. The number of ether oxygens (including phenoxy) is 2. The van der Waals surface area contributed by atoms with Gasteiger partial charge in [-0.3, -0.25) is 9.11 Å². The van der Waals surface area contributed by atoms with Gasteiger partial charge in [-0.2, -0.15) is 0 Å². The highest BCUT2D eigenvalue weighted by atomic mass is 32.2. The summed E-state index contributed by atoms with van der Waals surface area (Å²) < 4.78 is 68.3. The van der Waals surface area contributed by atoms with Crippen LogP contribution in [0.3, 0.4) is 0 Å². The predicted octanol–water partition coefficient (Wildman–Crippen LogP) is 5.73. The van der Waals surface area contributed by atoms with Crippen LogP contribution >= 0.6 is 0 Å². The maximum atomic E-state index is 16.1. The van der Waals surface area contributed by atoms with Crippen molar-refractivity contribution in [3.63, 3.8) is 0 Å². The zero-order valence-electron chi connectivity index (χ0n) is 25.0. The predicted molar refractivity (Wildman–Crippen MR) is 171 cm³/mol. The first kappa shape index (κ1) is 30.9. The third-order valence-corrected chi connectivity index (χ3v) is 9.50. The number of pyridine rings is 1. The Kier molecular flexibility index (Phi) is 8.99. The molecule has 0 amide bonds. The van der Waals surface area contributed by atoms with Gasteiger partial charge in [-0.25, -0.2) is 27.8 Å². The van der Waals surface area contributed by atoms with Gasteiger partial charge in [-0.15, -0.1) is 0 Å². The third kappa shape index (κ3) is 6.79. The molecule has 2 aromatic carbocycles. The van der Waals surface area contributed by atoms with Crippen molar-refractivity contribution in [1.82, 2.24) is 15.0 Å². The highest BCUT2D eigenvalue weighted by Gasteiger charge is 2.27. The van der Waals surface area contributed by atoms with Crippen LogP contribution in [-0.4, -0.2) is 67.7 Å². The van der Waals surface area contributed by atoms with Crippen molar-refractivity contribution in [2.75, 3.05) is 47.5 Å². The number of benzene rings is 2. The SMILES string of the molecule is C[C@@H]1COCCN1c1nc(-c2ccc(N)nc2)nc2c(OC3CCCC3)cc(-c3cccc(NS(=O)(=O)CCCF)c3F)cc12. The molecular weight excluding hydrogens is 602 g/mol. The highest BCUT2D eigenvalue weighted by Crippen LogP contribution is 2.41. The van der Waals surface area contributed by atoms with E-state index < -0.39 is 28.3 Å². The number of fused-ring (bicyclic) bond motifs is 1. The number of aromatic nitrogens is 3. The highest BCUT2D eigenvalue weighted by molar-refractivity contribution is 7.92. The molecule has 1 aliphatic heterocycles. The molecule has 1 atom stereocenters. The van der Waals surface area contributed by atoms with Crippen molar-refractivity contribution in [3.8, 4) is 28.3 Å². The van der Waals surface area contributed by atoms with E-state index in [1.807, 2.05) is 12.1 Å². The van der Waals surface area contributed by atoms with Crippen molar-refractivity contribution in [1.29, 1.82) is 0 Å². The van der Waals surface area contributed by atoms with Crippen molar-refractivity contribution in [2.45, 2.75) is 51.2 Å². The number of rotatable bonds is 10. The monoisotopic (exact) mass is 638 g/mol. The molecule has 1 saturated heterocycles. The van der Waals surface area contributed by atoms with Crippen LogP contribution in [-0.2, 0) is 14.8 Å². The molecule has 1 saturated carbocycles. The lowest BCUT2D eigenvalue weighted by Crippen LogP contribution is -2.44. The van der Waals surface area contributed by atoms with E-state index in [1.165, 1.54) is 6.07 Å². The Morgan fingerprint density at radius 2 is 1.96 bits per heavy atom. The van der Waals surface area contributed by atoms with E-state index in [4.69, 9.17) is 25.2 Å². The summed E-state index contributed by atoms with van der Waals surface area (Å²) in [5.74, 6) is 0.752. The van der Waals surface area contributed by atoms with Crippen LogP contribution in [0.5, 0.6) is 5.75 Å². The van der Waals surface area contributed by atoms with Gasteiger partial charge in [0.1, 0.15) is 22.9 Å². The Morgan fingerprint density at radius 3 is 2.69 bits per heavy atom. The summed E-state index contributed by atoms with van der Waals surface area (Å²) in [6.07, 6.45) is 5.31. The standard InChI is InChI=1S/C32H36F2N6O4S/c1-20-19-43-14-13-40(20)32-25-16-22(24-8-4-9-26(29(24)34)39-45(41,42)15-5-12-33)17-27(44-23-6-2-3-7-23)30(25)37-31(38-32)21-10-11-28(35)36-18-21/h4,8-11,16-18,20,23,39H,2-3,5-7,12-15,19H2,1H3,(H2,35,36)/t20-/m1/s1. The molecule has 238 valence electrons. The summed E-state index contributed by atoms with van der Waals surface area (Å²) >= 11 is 0. The molecule has 13 heteroatoms. The van der Waals surface area contributed by atoms with Gasteiger partial charge in [0.15, 0.2) is 11.6 Å². The number of nitrogen functional groups attached to an aromatic ring is 1. The summed E-state index contributed by atoms with van der Waals surface area (Å²) in [5, 5.41) is 0.662. The Bertz CT molecular complexity index is 1790. The number of hydrogen-bond donors (Lipinski definition) is 2. The van der Waals surface area contributed by atoms with Crippen LogP contribution in [0.15, 0.2) is 48.7 Å². The van der Waals surface area contributed by atoms with Crippen molar-refractivity contribution in [3.05, 3.63) is 54.5 Å². The van der Waals surface area contributed by atoms with E-state index in [2.05, 4.69) is 21.5 Å². The lowest BCUT2D eigenvalue weighted by Gasteiger charge is -2.35. The molecule has 0 bridgehead atoms. The topological polar surface area (TPSA) is 133 Å². The first-order valence-corrected chi connectivity index (χ1v) is 16.8. The second-order valence-corrected chi connectivity index (χ2v) is 13.3.